The molecule has 1 aliphatic rings. The molecule has 0 radical (unpaired) electrons. The SMILES string of the molecule is CCc1nc(NC(=O)C2(C(N)=S)CCC2)sc1C. The number of carbonyl (C=O) groups is 1. The Bertz CT molecular complexity index is 492. The predicted molar refractivity (Wildman–Crippen MR) is 77.9 cm³/mol. The van der Waals surface area contributed by atoms with Crippen molar-refractivity contribution in [2.45, 2.75) is 39.5 Å². The third kappa shape index (κ3) is 2.14. The van der Waals surface area contributed by atoms with E-state index >= 15 is 0 Å². The minimum absolute atomic E-state index is 0.0994. The molecule has 0 aliphatic heterocycles. The number of nitrogens with zero attached hydrogens (tertiary/aromatic N) is 1. The van der Waals surface area contributed by atoms with E-state index in [0.717, 1.165) is 36.3 Å². The average Bonchev–Trinajstić information content (AvgIpc) is 2.56. The molecule has 0 bridgehead atoms. The molecule has 1 saturated carbocycles. The van der Waals surface area contributed by atoms with Crippen LogP contribution in [0, 0.1) is 12.3 Å². The smallest absolute Gasteiger partial charge is 0.239 e. The summed E-state index contributed by atoms with van der Waals surface area (Å²) in [6.45, 7) is 4.06. The molecule has 98 valence electrons. The second kappa shape index (κ2) is 4.93. The fourth-order valence-electron chi connectivity index (χ4n) is 2.14. The second-order valence-electron chi connectivity index (χ2n) is 4.63. The van der Waals surface area contributed by atoms with Gasteiger partial charge in [0.1, 0.15) is 0 Å². The van der Waals surface area contributed by atoms with Gasteiger partial charge in [0.15, 0.2) is 5.13 Å². The number of amides is 1. The van der Waals surface area contributed by atoms with Gasteiger partial charge < -0.3 is 11.1 Å². The van der Waals surface area contributed by atoms with Gasteiger partial charge in [-0.25, -0.2) is 4.98 Å². The summed E-state index contributed by atoms with van der Waals surface area (Å²) in [5, 5.41) is 3.51. The van der Waals surface area contributed by atoms with E-state index in [1.165, 1.54) is 11.3 Å². The van der Waals surface area contributed by atoms with Crippen molar-refractivity contribution in [3.63, 3.8) is 0 Å². The molecule has 3 N–H and O–H groups in total. The minimum atomic E-state index is -0.638. The van der Waals surface area contributed by atoms with Crippen LogP contribution < -0.4 is 11.1 Å². The molecule has 1 fully saturated rings. The number of aryl methyl sites for hydroxylation is 2. The van der Waals surface area contributed by atoms with Gasteiger partial charge in [-0.05, 0) is 26.2 Å². The molecule has 18 heavy (non-hydrogen) atoms. The summed E-state index contributed by atoms with van der Waals surface area (Å²) in [6, 6.07) is 0. The third-order valence-corrected chi connectivity index (χ3v) is 4.88. The van der Waals surface area contributed by atoms with Crippen LogP contribution in [0.3, 0.4) is 0 Å². The molecule has 0 unspecified atom stereocenters. The van der Waals surface area contributed by atoms with E-state index in [1.54, 1.807) is 0 Å². The van der Waals surface area contributed by atoms with Crippen LogP contribution in [0.4, 0.5) is 5.13 Å². The van der Waals surface area contributed by atoms with Crippen molar-refractivity contribution in [2.24, 2.45) is 11.1 Å². The summed E-state index contributed by atoms with van der Waals surface area (Å²) in [7, 11) is 0. The first kappa shape index (κ1) is 13.4. The molecular formula is C12H17N3OS2. The normalized spacial score (nSPS) is 17.0. The van der Waals surface area contributed by atoms with E-state index < -0.39 is 5.41 Å². The van der Waals surface area contributed by atoms with E-state index in [2.05, 4.69) is 17.2 Å². The standard InChI is InChI=1S/C12H17N3OS2/c1-3-8-7(2)18-11(14-8)15-10(16)12(9(13)17)5-4-6-12/h3-6H2,1-2H3,(H2,13,17)(H,14,15,16). The van der Waals surface area contributed by atoms with Crippen LogP contribution in [0.1, 0.15) is 36.8 Å². The zero-order valence-corrected chi connectivity index (χ0v) is 12.2. The summed E-state index contributed by atoms with van der Waals surface area (Å²) in [4.78, 5) is 18.1. The molecule has 4 nitrogen and oxygen atoms in total. The van der Waals surface area contributed by atoms with Crippen LogP contribution in [0.15, 0.2) is 0 Å². The summed E-state index contributed by atoms with van der Waals surface area (Å²) in [6.07, 6.45) is 3.37. The Labute approximate surface area is 116 Å². The number of hydrogen-bond acceptors (Lipinski definition) is 4. The van der Waals surface area contributed by atoms with E-state index in [4.69, 9.17) is 18.0 Å². The number of rotatable bonds is 4. The Morgan fingerprint density at radius 1 is 1.61 bits per heavy atom. The fraction of sp³-hybridized carbons (Fsp3) is 0.583. The third-order valence-electron chi connectivity index (χ3n) is 3.56. The molecule has 2 rings (SSSR count). The lowest BCUT2D eigenvalue weighted by atomic mass is 9.68. The van der Waals surface area contributed by atoms with Gasteiger partial charge >= 0.3 is 0 Å². The first-order valence-corrected chi connectivity index (χ1v) is 7.29. The molecule has 1 aromatic heterocycles. The van der Waals surface area contributed by atoms with Crippen molar-refractivity contribution in [3.8, 4) is 0 Å². The number of anilines is 1. The predicted octanol–water partition coefficient (Wildman–Crippen LogP) is 2.41. The molecule has 1 aromatic rings. The zero-order valence-electron chi connectivity index (χ0n) is 10.6. The van der Waals surface area contributed by atoms with Gasteiger partial charge in [-0.2, -0.15) is 0 Å². The van der Waals surface area contributed by atoms with Crippen molar-refractivity contribution < 1.29 is 4.79 Å². The maximum atomic E-state index is 12.3. The molecule has 1 amide bonds. The topological polar surface area (TPSA) is 68.0 Å². The Morgan fingerprint density at radius 3 is 2.67 bits per heavy atom. The fourth-order valence-corrected chi connectivity index (χ4v) is 3.34. The largest absolute Gasteiger partial charge is 0.392 e. The van der Waals surface area contributed by atoms with Crippen molar-refractivity contribution in [2.75, 3.05) is 5.32 Å². The number of nitrogens with one attached hydrogen (secondary N) is 1. The number of thiocarbonyl (C=S) groups is 1. The highest BCUT2D eigenvalue weighted by atomic mass is 32.1. The maximum Gasteiger partial charge on any atom is 0.239 e. The van der Waals surface area contributed by atoms with Crippen LogP contribution in [0.5, 0.6) is 0 Å². The Kier molecular flexibility index (Phi) is 3.68. The van der Waals surface area contributed by atoms with E-state index in [9.17, 15) is 4.79 Å². The molecule has 0 spiro atoms. The summed E-state index contributed by atoms with van der Waals surface area (Å²) < 4.78 is 0. The summed E-state index contributed by atoms with van der Waals surface area (Å²) in [5.41, 5.74) is 6.10. The van der Waals surface area contributed by atoms with Gasteiger partial charge in [0.2, 0.25) is 5.91 Å². The highest BCUT2D eigenvalue weighted by Gasteiger charge is 2.47. The monoisotopic (exact) mass is 283 g/mol. The van der Waals surface area contributed by atoms with Crippen LogP contribution in [-0.2, 0) is 11.2 Å². The molecule has 0 aromatic carbocycles. The van der Waals surface area contributed by atoms with Crippen molar-refractivity contribution in [1.29, 1.82) is 0 Å². The van der Waals surface area contributed by atoms with Crippen molar-refractivity contribution in [3.05, 3.63) is 10.6 Å². The Hall–Kier alpha value is -1.01. The van der Waals surface area contributed by atoms with Gasteiger partial charge in [-0.15, -0.1) is 11.3 Å². The molecule has 0 saturated heterocycles. The summed E-state index contributed by atoms with van der Waals surface area (Å²) in [5.74, 6) is -0.0994. The lowest BCUT2D eigenvalue weighted by Gasteiger charge is -2.38. The second-order valence-corrected chi connectivity index (χ2v) is 6.27. The van der Waals surface area contributed by atoms with E-state index in [0.29, 0.717) is 10.1 Å². The Morgan fingerprint density at radius 2 is 2.28 bits per heavy atom. The van der Waals surface area contributed by atoms with Gasteiger partial charge in [-0.3, -0.25) is 4.79 Å². The van der Waals surface area contributed by atoms with Gasteiger partial charge in [0.25, 0.3) is 0 Å². The summed E-state index contributed by atoms with van der Waals surface area (Å²) >= 11 is 6.53. The molecule has 1 aliphatic carbocycles. The first-order chi connectivity index (χ1) is 8.49. The van der Waals surface area contributed by atoms with Crippen LogP contribution in [0.25, 0.3) is 0 Å². The average molecular weight is 283 g/mol. The highest BCUT2D eigenvalue weighted by molar-refractivity contribution is 7.80. The quantitative estimate of drug-likeness (QED) is 0.833. The van der Waals surface area contributed by atoms with Crippen LogP contribution >= 0.6 is 23.6 Å². The number of nitrogens with two attached hydrogens (primary N) is 1. The molecule has 0 atom stereocenters. The molecular weight excluding hydrogens is 266 g/mol. The van der Waals surface area contributed by atoms with E-state index in [1.807, 2.05) is 6.92 Å². The first-order valence-electron chi connectivity index (χ1n) is 6.07. The zero-order chi connectivity index (χ0) is 13.3. The number of hydrogen-bond donors (Lipinski definition) is 2. The van der Waals surface area contributed by atoms with E-state index in [-0.39, 0.29) is 5.91 Å². The van der Waals surface area contributed by atoms with Gasteiger partial charge in [-0.1, -0.05) is 25.6 Å². The molecule has 1 heterocycles. The molecule has 6 heteroatoms. The number of aromatic nitrogens is 1. The van der Waals surface area contributed by atoms with Gasteiger partial charge in [0, 0.05) is 4.88 Å². The lowest BCUT2D eigenvalue weighted by molar-refractivity contribution is -0.125. The highest BCUT2D eigenvalue weighted by Crippen LogP contribution is 2.42. The maximum absolute atomic E-state index is 12.3. The van der Waals surface area contributed by atoms with Crippen molar-refractivity contribution in [1.82, 2.24) is 4.98 Å². The van der Waals surface area contributed by atoms with Gasteiger partial charge in [0.05, 0.1) is 16.1 Å². The van der Waals surface area contributed by atoms with Crippen LogP contribution in [0.2, 0.25) is 0 Å². The van der Waals surface area contributed by atoms with Crippen molar-refractivity contribution >= 4 is 39.6 Å². The number of thiazole rings is 1. The minimum Gasteiger partial charge on any atom is -0.392 e. The van der Waals surface area contributed by atoms with Crippen LogP contribution in [-0.4, -0.2) is 15.9 Å². The number of carbonyl (C=O) groups excluding carboxylic acids is 1. The Balaban J connectivity index is 2.13. The lowest BCUT2D eigenvalue weighted by Crippen LogP contribution is -2.50.